The topological polar surface area (TPSA) is 74.5 Å². The van der Waals surface area contributed by atoms with Gasteiger partial charge in [-0.2, -0.15) is 0 Å². The van der Waals surface area contributed by atoms with Crippen LogP contribution in [0, 0.1) is 6.92 Å². The molecule has 0 saturated carbocycles. The Balaban J connectivity index is 2.28. The van der Waals surface area contributed by atoms with Gasteiger partial charge in [-0.15, -0.1) is 0 Å². The number of nitrogens with one attached hydrogen (secondary N) is 2. The Labute approximate surface area is 151 Å². The third kappa shape index (κ3) is 8.05. The lowest BCUT2D eigenvalue weighted by atomic mass is 10.3. The van der Waals surface area contributed by atoms with Crippen LogP contribution in [0.1, 0.15) is 45.9 Å². The second-order valence-electron chi connectivity index (χ2n) is 5.88. The molecule has 0 aliphatic rings. The molecule has 0 aliphatic heterocycles. The summed E-state index contributed by atoms with van der Waals surface area (Å²) in [5.74, 6) is 2.02. The number of hydrogen-bond donors (Lipinski definition) is 2. The molecule has 0 atom stereocenters. The molecule has 142 valence electrons. The zero-order valence-electron chi connectivity index (χ0n) is 16.2. The quantitative estimate of drug-likeness (QED) is 0.362. The number of amides is 1. The van der Waals surface area contributed by atoms with Crippen molar-refractivity contribution in [3.63, 3.8) is 0 Å². The van der Waals surface area contributed by atoms with Crippen LogP contribution in [0.3, 0.4) is 0 Å². The fraction of sp³-hybridized carbons (Fsp3) is 0.722. The Morgan fingerprint density at radius 3 is 2.60 bits per heavy atom. The number of aliphatic imine (C=N–C) groups is 1. The van der Waals surface area contributed by atoms with Crippen molar-refractivity contribution in [3.05, 3.63) is 18.2 Å². The average molecular weight is 351 g/mol. The lowest BCUT2D eigenvalue weighted by Gasteiger charge is -2.19. The van der Waals surface area contributed by atoms with Crippen LogP contribution in [0.5, 0.6) is 0 Å². The average Bonchev–Trinajstić information content (AvgIpc) is 3.00. The van der Waals surface area contributed by atoms with Gasteiger partial charge in [0.15, 0.2) is 5.96 Å². The molecule has 7 nitrogen and oxygen atoms in total. The van der Waals surface area contributed by atoms with E-state index in [2.05, 4.69) is 25.2 Å². The molecule has 1 aromatic heterocycles. The van der Waals surface area contributed by atoms with Crippen molar-refractivity contribution < 1.29 is 4.79 Å². The first-order valence-corrected chi connectivity index (χ1v) is 9.40. The number of hydrogen-bond acceptors (Lipinski definition) is 3. The fourth-order valence-corrected chi connectivity index (χ4v) is 2.59. The first-order chi connectivity index (χ1) is 12.1. The molecule has 1 amide bonds. The Morgan fingerprint density at radius 1 is 1.24 bits per heavy atom. The van der Waals surface area contributed by atoms with Gasteiger partial charge in [-0.25, -0.2) is 4.98 Å². The highest BCUT2D eigenvalue weighted by Gasteiger charge is 2.09. The highest BCUT2D eigenvalue weighted by atomic mass is 16.2. The van der Waals surface area contributed by atoms with E-state index in [-0.39, 0.29) is 5.91 Å². The molecule has 25 heavy (non-hydrogen) atoms. The number of imidazole rings is 1. The van der Waals surface area contributed by atoms with Crippen LogP contribution in [0.25, 0.3) is 0 Å². The van der Waals surface area contributed by atoms with E-state index in [1.165, 1.54) is 0 Å². The van der Waals surface area contributed by atoms with Crippen molar-refractivity contribution in [2.45, 2.75) is 53.5 Å². The van der Waals surface area contributed by atoms with Crippen LogP contribution in [0.4, 0.5) is 0 Å². The van der Waals surface area contributed by atoms with Crippen molar-refractivity contribution >= 4 is 11.9 Å². The summed E-state index contributed by atoms with van der Waals surface area (Å²) in [6.07, 6.45) is 6.43. The first kappa shape index (κ1) is 21.0. The molecule has 0 bridgehead atoms. The monoisotopic (exact) mass is 350 g/mol. The number of aromatic nitrogens is 2. The maximum absolute atomic E-state index is 12.0. The zero-order chi connectivity index (χ0) is 18.5. The predicted octanol–water partition coefficient (Wildman–Crippen LogP) is 1.79. The van der Waals surface area contributed by atoms with Crippen LogP contribution in [0.2, 0.25) is 0 Å². The van der Waals surface area contributed by atoms with Crippen LogP contribution in [0.15, 0.2) is 17.4 Å². The molecule has 1 rings (SSSR count). The fourth-order valence-electron chi connectivity index (χ4n) is 2.59. The van der Waals surface area contributed by atoms with Gasteiger partial charge in [-0.1, -0.05) is 0 Å². The highest BCUT2D eigenvalue weighted by molar-refractivity contribution is 5.81. The van der Waals surface area contributed by atoms with E-state index < -0.39 is 0 Å². The lowest BCUT2D eigenvalue weighted by Crippen LogP contribution is -2.40. The van der Waals surface area contributed by atoms with Crippen molar-refractivity contribution in [1.29, 1.82) is 0 Å². The number of nitrogens with zero attached hydrogens (tertiary/aromatic N) is 4. The smallest absolute Gasteiger partial charge is 0.224 e. The summed E-state index contributed by atoms with van der Waals surface area (Å²) >= 11 is 0. The number of rotatable bonds is 11. The maximum atomic E-state index is 12.0. The molecule has 2 N–H and O–H groups in total. The van der Waals surface area contributed by atoms with Gasteiger partial charge in [0, 0.05) is 58.1 Å². The summed E-state index contributed by atoms with van der Waals surface area (Å²) in [4.78, 5) is 22.7. The Bertz CT molecular complexity index is 521. The Kier molecular flexibility index (Phi) is 10.4. The van der Waals surface area contributed by atoms with Gasteiger partial charge in [-0.05, 0) is 40.5 Å². The van der Waals surface area contributed by atoms with Crippen molar-refractivity contribution in [3.8, 4) is 0 Å². The third-order valence-electron chi connectivity index (χ3n) is 4.09. The molecule has 1 aromatic rings. The van der Waals surface area contributed by atoms with Crippen LogP contribution < -0.4 is 10.6 Å². The van der Waals surface area contributed by atoms with E-state index in [1.54, 1.807) is 0 Å². The number of carbonyl (C=O) groups is 1. The minimum absolute atomic E-state index is 0.184. The summed E-state index contributed by atoms with van der Waals surface area (Å²) in [5, 5.41) is 6.47. The van der Waals surface area contributed by atoms with E-state index in [0.717, 1.165) is 57.3 Å². The molecule has 0 aliphatic carbocycles. The number of carbonyl (C=O) groups excluding carboxylic acids is 1. The minimum atomic E-state index is 0.184. The molecular formula is C18H34N6O. The van der Waals surface area contributed by atoms with Crippen LogP contribution >= 0.6 is 0 Å². The molecule has 1 heterocycles. The summed E-state index contributed by atoms with van der Waals surface area (Å²) in [7, 11) is 0. The summed E-state index contributed by atoms with van der Waals surface area (Å²) in [6, 6.07) is 0. The lowest BCUT2D eigenvalue weighted by molar-refractivity contribution is -0.130. The molecule has 0 radical (unpaired) electrons. The molecule has 0 spiro atoms. The second kappa shape index (κ2) is 12.3. The Morgan fingerprint density at radius 2 is 2.00 bits per heavy atom. The van der Waals surface area contributed by atoms with Gasteiger partial charge >= 0.3 is 0 Å². The Hall–Kier alpha value is -2.05. The number of guanidine groups is 1. The normalized spacial score (nSPS) is 11.4. The van der Waals surface area contributed by atoms with Crippen LogP contribution in [-0.2, 0) is 11.3 Å². The minimum Gasteiger partial charge on any atom is -0.357 e. The number of unbranched alkanes of at least 4 members (excludes halogenated alkanes) is 1. The summed E-state index contributed by atoms with van der Waals surface area (Å²) < 4.78 is 2.16. The van der Waals surface area contributed by atoms with Crippen molar-refractivity contribution in [1.82, 2.24) is 25.1 Å². The maximum Gasteiger partial charge on any atom is 0.224 e. The van der Waals surface area contributed by atoms with Gasteiger partial charge in [0.2, 0.25) is 5.91 Å². The second-order valence-corrected chi connectivity index (χ2v) is 5.88. The van der Waals surface area contributed by atoms with E-state index >= 15 is 0 Å². The first-order valence-electron chi connectivity index (χ1n) is 9.40. The molecule has 0 unspecified atom stereocenters. The molecule has 7 heteroatoms. The van der Waals surface area contributed by atoms with Gasteiger partial charge < -0.3 is 20.1 Å². The predicted molar refractivity (Wildman–Crippen MR) is 103 cm³/mol. The van der Waals surface area contributed by atoms with Crippen molar-refractivity contribution in [2.24, 2.45) is 4.99 Å². The highest BCUT2D eigenvalue weighted by Crippen LogP contribution is 2.00. The van der Waals surface area contributed by atoms with E-state index in [1.807, 2.05) is 45.0 Å². The molecule has 0 saturated heterocycles. The SMILES string of the molecule is CCNC(=NCCCCn1ccnc1C)NCCC(=O)N(CC)CC. The standard InChI is InChI=1S/C18H34N6O/c1-5-19-18(22-12-10-17(25)23(6-2)7-3)21-11-8-9-14-24-15-13-20-16(24)4/h13,15H,5-12,14H2,1-4H3,(H2,19,21,22). The van der Waals surface area contributed by atoms with E-state index in [4.69, 9.17) is 0 Å². The zero-order valence-corrected chi connectivity index (χ0v) is 16.2. The van der Waals surface area contributed by atoms with Gasteiger partial charge in [-0.3, -0.25) is 9.79 Å². The van der Waals surface area contributed by atoms with Crippen LogP contribution in [-0.4, -0.2) is 59.0 Å². The van der Waals surface area contributed by atoms with Gasteiger partial charge in [0.05, 0.1) is 0 Å². The largest absolute Gasteiger partial charge is 0.357 e. The van der Waals surface area contributed by atoms with Gasteiger partial charge in [0.25, 0.3) is 0 Å². The van der Waals surface area contributed by atoms with Crippen molar-refractivity contribution in [2.75, 3.05) is 32.7 Å². The molecule has 0 fully saturated rings. The molecule has 0 aromatic carbocycles. The number of aryl methyl sites for hydroxylation is 2. The van der Waals surface area contributed by atoms with E-state index in [9.17, 15) is 4.79 Å². The van der Waals surface area contributed by atoms with Gasteiger partial charge in [0.1, 0.15) is 5.82 Å². The summed E-state index contributed by atoms with van der Waals surface area (Å²) in [5.41, 5.74) is 0. The van der Waals surface area contributed by atoms with E-state index in [0.29, 0.717) is 13.0 Å². The molecular weight excluding hydrogens is 316 g/mol. The summed E-state index contributed by atoms with van der Waals surface area (Å²) in [6.45, 7) is 12.8. The third-order valence-corrected chi connectivity index (χ3v) is 4.09.